The van der Waals surface area contributed by atoms with Crippen LogP contribution in [-0.2, 0) is 11.3 Å². The fourth-order valence-corrected chi connectivity index (χ4v) is 4.13. The number of nitrogens with one attached hydrogen (secondary N) is 1. The first-order chi connectivity index (χ1) is 15.1. The Bertz CT molecular complexity index is 1320. The minimum atomic E-state index is -0.125. The van der Waals surface area contributed by atoms with E-state index in [0.717, 1.165) is 33.5 Å². The molecule has 1 N–H and O–H groups in total. The number of anilines is 1. The van der Waals surface area contributed by atoms with Gasteiger partial charge in [-0.3, -0.25) is 4.79 Å². The average Bonchev–Trinajstić information content (AvgIpc) is 3.27. The summed E-state index contributed by atoms with van der Waals surface area (Å²) in [6.07, 6.45) is 4.00. The average molecular weight is 449 g/mol. The fourth-order valence-electron chi connectivity index (χ4n) is 3.83. The lowest BCUT2D eigenvalue weighted by molar-refractivity contribution is -0.110. The van der Waals surface area contributed by atoms with Crippen molar-refractivity contribution in [2.24, 2.45) is 0 Å². The zero-order valence-electron chi connectivity index (χ0n) is 16.4. The van der Waals surface area contributed by atoms with Gasteiger partial charge < -0.3 is 14.6 Å². The topological polar surface area (TPSA) is 43.3 Å². The first kappa shape index (κ1) is 19.7. The third kappa shape index (κ3) is 3.92. The van der Waals surface area contributed by atoms with Gasteiger partial charge in [0, 0.05) is 43.8 Å². The van der Waals surface area contributed by atoms with Gasteiger partial charge in [-0.2, -0.15) is 0 Å². The van der Waals surface area contributed by atoms with E-state index in [-0.39, 0.29) is 5.91 Å². The van der Waals surface area contributed by atoms with E-state index in [1.807, 2.05) is 48.5 Å². The highest BCUT2D eigenvalue weighted by molar-refractivity contribution is 6.37. The van der Waals surface area contributed by atoms with Crippen molar-refractivity contribution in [1.29, 1.82) is 0 Å². The molecule has 0 saturated heterocycles. The molecule has 0 saturated carbocycles. The van der Waals surface area contributed by atoms with Crippen molar-refractivity contribution in [3.05, 3.63) is 94.1 Å². The van der Waals surface area contributed by atoms with E-state index < -0.39 is 0 Å². The first-order valence-electron chi connectivity index (χ1n) is 9.88. The van der Waals surface area contributed by atoms with Crippen molar-refractivity contribution in [2.45, 2.75) is 6.54 Å². The summed E-state index contributed by atoms with van der Waals surface area (Å²) < 4.78 is 8.01. The van der Waals surface area contributed by atoms with Gasteiger partial charge in [0.1, 0.15) is 12.4 Å². The van der Waals surface area contributed by atoms with Gasteiger partial charge in [-0.25, -0.2) is 0 Å². The van der Waals surface area contributed by atoms with Crippen LogP contribution >= 0.6 is 23.2 Å². The zero-order chi connectivity index (χ0) is 21.4. The van der Waals surface area contributed by atoms with E-state index in [0.29, 0.717) is 28.8 Å². The Hall–Kier alpha value is -3.21. The molecule has 6 heteroatoms. The predicted molar refractivity (Wildman–Crippen MR) is 127 cm³/mol. The number of fused-ring (bicyclic) bond motifs is 2. The number of rotatable bonds is 5. The van der Waals surface area contributed by atoms with Crippen LogP contribution in [0.15, 0.2) is 72.9 Å². The SMILES string of the molecule is O=C1Nc2cc(Cl)ccc2/C1=C\c1cn(CCOc2ccc(Cl)cc2)c2ccccc12. The van der Waals surface area contributed by atoms with Crippen LogP contribution in [0, 0.1) is 0 Å². The second-order valence-electron chi connectivity index (χ2n) is 7.30. The van der Waals surface area contributed by atoms with Crippen molar-refractivity contribution in [3.8, 4) is 5.75 Å². The largest absolute Gasteiger partial charge is 0.492 e. The number of amides is 1. The molecule has 0 atom stereocenters. The van der Waals surface area contributed by atoms with Crippen LogP contribution in [0.5, 0.6) is 5.75 Å². The molecule has 31 heavy (non-hydrogen) atoms. The maximum absolute atomic E-state index is 12.6. The number of benzene rings is 3. The lowest BCUT2D eigenvalue weighted by atomic mass is 10.0. The first-order valence-corrected chi connectivity index (χ1v) is 10.6. The van der Waals surface area contributed by atoms with E-state index in [1.165, 1.54) is 0 Å². The van der Waals surface area contributed by atoms with E-state index in [2.05, 4.69) is 28.2 Å². The number of halogens is 2. The van der Waals surface area contributed by atoms with Crippen molar-refractivity contribution >= 4 is 57.3 Å². The van der Waals surface area contributed by atoms with Gasteiger partial charge in [0.15, 0.2) is 0 Å². The molecule has 3 aromatic carbocycles. The molecular formula is C25H18Cl2N2O2. The highest BCUT2D eigenvalue weighted by Gasteiger charge is 2.24. The van der Waals surface area contributed by atoms with Crippen molar-refractivity contribution < 1.29 is 9.53 Å². The summed E-state index contributed by atoms with van der Waals surface area (Å²) in [6.45, 7) is 1.18. The Kier molecular flexibility index (Phi) is 5.18. The summed E-state index contributed by atoms with van der Waals surface area (Å²) in [5.74, 6) is 0.654. The van der Waals surface area contributed by atoms with E-state index in [1.54, 1.807) is 12.1 Å². The summed E-state index contributed by atoms with van der Waals surface area (Å²) >= 11 is 12.0. The summed E-state index contributed by atoms with van der Waals surface area (Å²) in [5.41, 5.74) is 4.30. The predicted octanol–water partition coefficient (Wildman–Crippen LogP) is 6.52. The van der Waals surface area contributed by atoms with E-state index in [4.69, 9.17) is 27.9 Å². The van der Waals surface area contributed by atoms with Gasteiger partial charge in [-0.15, -0.1) is 0 Å². The molecule has 154 valence electrons. The van der Waals surface area contributed by atoms with Crippen LogP contribution in [0.1, 0.15) is 11.1 Å². The maximum Gasteiger partial charge on any atom is 0.256 e. The van der Waals surface area contributed by atoms with Crippen LogP contribution in [0.3, 0.4) is 0 Å². The highest BCUT2D eigenvalue weighted by atomic mass is 35.5. The number of carbonyl (C=O) groups is 1. The minimum Gasteiger partial charge on any atom is -0.492 e. The summed E-state index contributed by atoms with van der Waals surface area (Å²) in [5, 5.41) is 5.25. The number of hydrogen-bond acceptors (Lipinski definition) is 2. The molecule has 4 nitrogen and oxygen atoms in total. The summed E-state index contributed by atoms with van der Waals surface area (Å²) in [4.78, 5) is 12.6. The Morgan fingerprint density at radius 3 is 2.58 bits per heavy atom. The fraction of sp³-hybridized carbons (Fsp3) is 0.0800. The van der Waals surface area contributed by atoms with Gasteiger partial charge in [-0.05, 0) is 48.5 Å². The second-order valence-corrected chi connectivity index (χ2v) is 8.17. The lowest BCUT2D eigenvalue weighted by Gasteiger charge is -2.08. The normalized spacial score (nSPS) is 14.1. The number of carbonyl (C=O) groups excluding carboxylic acids is 1. The van der Waals surface area contributed by atoms with Crippen LogP contribution in [0.2, 0.25) is 10.0 Å². The Morgan fingerprint density at radius 2 is 1.74 bits per heavy atom. The molecule has 1 aliphatic heterocycles. The summed E-state index contributed by atoms with van der Waals surface area (Å²) in [6, 6.07) is 20.9. The molecule has 0 radical (unpaired) electrons. The zero-order valence-corrected chi connectivity index (χ0v) is 18.0. The number of para-hydroxylation sites is 1. The van der Waals surface area contributed by atoms with E-state index in [9.17, 15) is 4.79 Å². The molecule has 0 fully saturated rings. The molecule has 1 aliphatic rings. The molecule has 2 heterocycles. The van der Waals surface area contributed by atoms with Crippen LogP contribution < -0.4 is 10.1 Å². The van der Waals surface area contributed by atoms with Gasteiger partial charge in [-0.1, -0.05) is 47.5 Å². The van der Waals surface area contributed by atoms with Gasteiger partial charge >= 0.3 is 0 Å². The third-order valence-electron chi connectivity index (χ3n) is 5.30. The van der Waals surface area contributed by atoms with Crippen molar-refractivity contribution in [3.63, 3.8) is 0 Å². The number of nitrogens with zero attached hydrogens (tertiary/aromatic N) is 1. The van der Waals surface area contributed by atoms with Crippen LogP contribution in [-0.4, -0.2) is 17.1 Å². The van der Waals surface area contributed by atoms with Crippen LogP contribution in [0.4, 0.5) is 5.69 Å². The lowest BCUT2D eigenvalue weighted by Crippen LogP contribution is -2.07. The third-order valence-corrected chi connectivity index (χ3v) is 5.79. The number of hydrogen-bond donors (Lipinski definition) is 1. The molecule has 4 aromatic rings. The Labute approximate surface area is 189 Å². The smallest absolute Gasteiger partial charge is 0.256 e. The standard InChI is InChI=1S/C25H18Cl2N2O2/c26-17-5-8-19(9-6-17)31-12-11-29-15-16(20-3-1-2-4-24(20)29)13-22-21-10-7-18(27)14-23(21)28-25(22)30/h1-10,13-15H,11-12H2,(H,28,30)/b22-13+. The second kappa shape index (κ2) is 8.14. The monoisotopic (exact) mass is 448 g/mol. The maximum atomic E-state index is 12.6. The molecule has 1 amide bonds. The molecule has 0 unspecified atom stereocenters. The quantitative estimate of drug-likeness (QED) is 0.353. The number of ether oxygens (including phenoxy) is 1. The molecule has 0 aliphatic carbocycles. The van der Waals surface area contributed by atoms with Crippen molar-refractivity contribution in [1.82, 2.24) is 4.57 Å². The van der Waals surface area contributed by atoms with Gasteiger partial charge in [0.25, 0.3) is 5.91 Å². The molecule has 0 bridgehead atoms. The number of aromatic nitrogens is 1. The highest BCUT2D eigenvalue weighted by Crippen LogP contribution is 2.36. The van der Waals surface area contributed by atoms with E-state index >= 15 is 0 Å². The Balaban J connectivity index is 1.45. The molecular weight excluding hydrogens is 431 g/mol. The summed E-state index contributed by atoms with van der Waals surface area (Å²) in [7, 11) is 0. The minimum absolute atomic E-state index is 0.125. The molecule has 0 spiro atoms. The van der Waals surface area contributed by atoms with Gasteiger partial charge in [0.05, 0.1) is 12.2 Å². The van der Waals surface area contributed by atoms with Crippen LogP contribution in [0.25, 0.3) is 22.6 Å². The van der Waals surface area contributed by atoms with Gasteiger partial charge in [0.2, 0.25) is 0 Å². The molecule has 5 rings (SSSR count). The Morgan fingerprint density at radius 1 is 0.968 bits per heavy atom. The molecule has 1 aromatic heterocycles. The van der Waals surface area contributed by atoms with Crippen molar-refractivity contribution in [2.75, 3.05) is 11.9 Å².